The number of nitrogens with zero attached hydrogens (tertiary/aromatic N) is 2. The van der Waals surface area contributed by atoms with Crippen LogP contribution in [0.3, 0.4) is 0 Å². The van der Waals surface area contributed by atoms with Crippen LogP contribution in [-0.2, 0) is 0 Å². The fourth-order valence-corrected chi connectivity index (χ4v) is 1.50. The number of benzene rings is 1. The molecule has 0 fully saturated rings. The number of carboxylic acid groups (broad SMARTS) is 1. The molecule has 6 nitrogen and oxygen atoms in total. The molecule has 0 aliphatic carbocycles. The fraction of sp³-hybridized carbons (Fsp3) is 0.0909. The summed E-state index contributed by atoms with van der Waals surface area (Å²) in [4.78, 5) is 10.9. The average molecular weight is 234 g/mol. The molecule has 1 heterocycles. The summed E-state index contributed by atoms with van der Waals surface area (Å²) in [7, 11) is 1.35. The number of aromatic carboxylic acids is 1. The van der Waals surface area contributed by atoms with Gasteiger partial charge in [-0.1, -0.05) is 12.1 Å². The van der Waals surface area contributed by atoms with E-state index >= 15 is 0 Å². The second kappa shape index (κ2) is 4.17. The summed E-state index contributed by atoms with van der Waals surface area (Å²) >= 11 is 0. The monoisotopic (exact) mass is 234 g/mol. The van der Waals surface area contributed by atoms with Gasteiger partial charge < -0.3 is 14.9 Å². The lowest BCUT2D eigenvalue weighted by Gasteiger charge is -2.08. The number of carboxylic acids is 1. The van der Waals surface area contributed by atoms with Crippen LogP contribution in [-0.4, -0.2) is 33.1 Å². The zero-order valence-corrected chi connectivity index (χ0v) is 8.99. The number of ether oxygens (including phenoxy) is 1. The Balaban J connectivity index is 2.61. The molecule has 2 N–H and O–H groups in total. The molecule has 17 heavy (non-hydrogen) atoms. The highest BCUT2D eigenvalue weighted by molar-refractivity contribution is 5.90. The van der Waals surface area contributed by atoms with Gasteiger partial charge in [-0.25, -0.2) is 4.79 Å². The molecule has 2 rings (SSSR count). The van der Waals surface area contributed by atoms with Crippen molar-refractivity contribution in [3.05, 3.63) is 36.0 Å². The van der Waals surface area contributed by atoms with E-state index < -0.39 is 5.97 Å². The molecule has 1 aromatic carbocycles. The van der Waals surface area contributed by atoms with Crippen molar-refractivity contribution in [2.24, 2.45) is 0 Å². The molecule has 6 heteroatoms. The Kier molecular flexibility index (Phi) is 2.70. The van der Waals surface area contributed by atoms with Crippen LogP contribution in [0.2, 0.25) is 0 Å². The van der Waals surface area contributed by atoms with E-state index in [0.717, 1.165) is 0 Å². The van der Waals surface area contributed by atoms with E-state index in [4.69, 9.17) is 9.84 Å². The van der Waals surface area contributed by atoms with Crippen molar-refractivity contribution in [1.82, 2.24) is 9.78 Å². The standard InChI is InChI=1S/C11H10N2O4/c1-17-10-7(11(15)16)6-12-13(10)8-4-2-3-5-9(8)14/h2-6,14H,1H3,(H,15,16). The number of phenols is 1. The van der Waals surface area contributed by atoms with Crippen molar-refractivity contribution >= 4 is 5.97 Å². The van der Waals surface area contributed by atoms with Gasteiger partial charge in [-0.3, -0.25) is 0 Å². The van der Waals surface area contributed by atoms with E-state index in [2.05, 4.69) is 5.10 Å². The predicted molar refractivity (Wildman–Crippen MR) is 58.7 cm³/mol. The Hall–Kier alpha value is -2.50. The molecule has 0 spiro atoms. The van der Waals surface area contributed by atoms with Crippen molar-refractivity contribution in [2.45, 2.75) is 0 Å². The van der Waals surface area contributed by atoms with Gasteiger partial charge in [0.05, 0.1) is 13.3 Å². The molecule has 0 atom stereocenters. The summed E-state index contributed by atoms with van der Waals surface area (Å²) in [5.74, 6) is -1.08. The quantitative estimate of drug-likeness (QED) is 0.835. The molecule has 0 radical (unpaired) electrons. The normalized spacial score (nSPS) is 10.2. The van der Waals surface area contributed by atoms with Crippen LogP contribution in [0.25, 0.3) is 5.69 Å². The Morgan fingerprint density at radius 3 is 2.71 bits per heavy atom. The highest BCUT2D eigenvalue weighted by Gasteiger charge is 2.19. The Bertz CT molecular complexity index is 562. The molecule has 0 saturated carbocycles. The van der Waals surface area contributed by atoms with Gasteiger partial charge in [0, 0.05) is 0 Å². The number of aromatic hydroxyl groups is 1. The molecule has 2 aromatic rings. The maximum atomic E-state index is 10.9. The summed E-state index contributed by atoms with van der Waals surface area (Å²) in [6.07, 6.45) is 1.17. The van der Waals surface area contributed by atoms with Crippen molar-refractivity contribution in [1.29, 1.82) is 0 Å². The first-order valence-electron chi connectivity index (χ1n) is 4.79. The summed E-state index contributed by atoms with van der Waals surface area (Å²) in [5, 5.41) is 22.5. The van der Waals surface area contributed by atoms with Gasteiger partial charge in [-0.2, -0.15) is 9.78 Å². The van der Waals surface area contributed by atoms with E-state index in [0.29, 0.717) is 5.69 Å². The zero-order valence-electron chi connectivity index (χ0n) is 8.99. The minimum absolute atomic E-state index is 0.00848. The van der Waals surface area contributed by atoms with Gasteiger partial charge in [0.1, 0.15) is 17.0 Å². The van der Waals surface area contributed by atoms with E-state index in [-0.39, 0.29) is 17.2 Å². The highest BCUT2D eigenvalue weighted by Crippen LogP contribution is 2.27. The number of methoxy groups -OCH3 is 1. The summed E-state index contributed by atoms with van der Waals surface area (Å²) < 4.78 is 6.23. The van der Waals surface area contributed by atoms with Crippen molar-refractivity contribution in [2.75, 3.05) is 7.11 Å². The van der Waals surface area contributed by atoms with Crippen LogP contribution >= 0.6 is 0 Å². The molecule has 0 bridgehead atoms. The van der Waals surface area contributed by atoms with E-state index in [1.807, 2.05) is 0 Å². The van der Waals surface area contributed by atoms with Crippen molar-refractivity contribution < 1.29 is 19.7 Å². The van der Waals surface area contributed by atoms with Gasteiger partial charge in [0.15, 0.2) is 0 Å². The molecule has 0 unspecified atom stereocenters. The van der Waals surface area contributed by atoms with Crippen LogP contribution in [0.15, 0.2) is 30.5 Å². The number of hydrogen-bond donors (Lipinski definition) is 2. The SMILES string of the molecule is COc1c(C(=O)O)cnn1-c1ccccc1O. The molecular formula is C11H10N2O4. The second-order valence-corrected chi connectivity index (χ2v) is 3.27. The fourth-order valence-electron chi connectivity index (χ4n) is 1.50. The molecule has 88 valence electrons. The van der Waals surface area contributed by atoms with Crippen LogP contribution in [0.1, 0.15) is 10.4 Å². The van der Waals surface area contributed by atoms with Gasteiger partial charge in [-0.05, 0) is 12.1 Å². The molecule has 0 saturated heterocycles. The molecule has 0 aliphatic heterocycles. The maximum absolute atomic E-state index is 10.9. The topological polar surface area (TPSA) is 84.6 Å². The summed E-state index contributed by atoms with van der Waals surface area (Å²) in [6, 6.07) is 6.46. The molecular weight excluding hydrogens is 224 g/mol. The third-order valence-electron chi connectivity index (χ3n) is 2.26. The van der Waals surface area contributed by atoms with E-state index in [1.54, 1.807) is 18.2 Å². The lowest BCUT2D eigenvalue weighted by molar-refractivity contribution is 0.0693. The average Bonchev–Trinajstić information content (AvgIpc) is 2.73. The van der Waals surface area contributed by atoms with Crippen LogP contribution in [0.5, 0.6) is 11.6 Å². The van der Waals surface area contributed by atoms with Gasteiger partial charge in [-0.15, -0.1) is 0 Å². The lowest BCUT2D eigenvalue weighted by Crippen LogP contribution is -2.03. The van der Waals surface area contributed by atoms with Crippen LogP contribution in [0, 0.1) is 0 Å². The van der Waals surface area contributed by atoms with Crippen molar-refractivity contribution in [3.63, 3.8) is 0 Å². The summed E-state index contributed by atoms with van der Waals surface area (Å²) in [5.41, 5.74) is 0.299. The van der Waals surface area contributed by atoms with Crippen molar-refractivity contribution in [3.8, 4) is 17.3 Å². The third kappa shape index (κ3) is 1.80. The maximum Gasteiger partial charge on any atom is 0.342 e. The minimum Gasteiger partial charge on any atom is -0.506 e. The smallest absolute Gasteiger partial charge is 0.342 e. The van der Waals surface area contributed by atoms with Crippen LogP contribution in [0.4, 0.5) is 0 Å². The Morgan fingerprint density at radius 1 is 1.41 bits per heavy atom. The number of rotatable bonds is 3. The number of para-hydroxylation sites is 2. The molecule has 0 amide bonds. The number of phenolic OH excluding ortho intramolecular Hbond substituents is 1. The van der Waals surface area contributed by atoms with Crippen LogP contribution < -0.4 is 4.74 Å². The number of hydrogen-bond acceptors (Lipinski definition) is 4. The zero-order chi connectivity index (χ0) is 12.4. The first-order chi connectivity index (χ1) is 8.15. The first kappa shape index (κ1) is 11.0. The second-order valence-electron chi connectivity index (χ2n) is 3.27. The predicted octanol–water partition coefficient (Wildman–Crippen LogP) is 1.28. The first-order valence-corrected chi connectivity index (χ1v) is 4.79. The minimum atomic E-state index is -1.14. The third-order valence-corrected chi connectivity index (χ3v) is 2.26. The largest absolute Gasteiger partial charge is 0.506 e. The van der Waals surface area contributed by atoms with Gasteiger partial charge in [0.2, 0.25) is 5.88 Å². The Labute approximate surface area is 96.7 Å². The number of aromatic nitrogens is 2. The van der Waals surface area contributed by atoms with E-state index in [1.165, 1.54) is 24.1 Å². The summed E-state index contributed by atoms with van der Waals surface area (Å²) in [6.45, 7) is 0. The molecule has 1 aromatic heterocycles. The molecule has 0 aliphatic rings. The van der Waals surface area contributed by atoms with E-state index in [9.17, 15) is 9.90 Å². The number of carbonyl (C=O) groups is 1. The van der Waals surface area contributed by atoms with Gasteiger partial charge in [0.25, 0.3) is 0 Å². The lowest BCUT2D eigenvalue weighted by atomic mass is 10.3. The van der Waals surface area contributed by atoms with Gasteiger partial charge >= 0.3 is 5.97 Å². The Morgan fingerprint density at radius 2 is 2.12 bits per heavy atom. The highest BCUT2D eigenvalue weighted by atomic mass is 16.5.